The SMILES string of the molecule is CCC1=C(c2ccc([N+](=O)[O-])cc2)C(=S)CC=C1. The highest BCUT2D eigenvalue weighted by Crippen LogP contribution is 2.29. The maximum atomic E-state index is 10.6. The van der Waals surface area contributed by atoms with Crippen molar-refractivity contribution in [3.63, 3.8) is 0 Å². The third kappa shape index (κ3) is 2.38. The Hall–Kier alpha value is -1.81. The Labute approximate surface area is 111 Å². The Morgan fingerprint density at radius 1 is 1.33 bits per heavy atom. The van der Waals surface area contributed by atoms with E-state index < -0.39 is 4.92 Å². The minimum absolute atomic E-state index is 0.106. The molecule has 0 aliphatic heterocycles. The van der Waals surface area contributed by atoms with Crippen molar-refractivity contribution in [3.8, 4) is 0 Å². The van der Waals surface area contributed by atoms with Gasteiger partial charge in [-0.25, -0.2) is 0 Å². The van der Waals surface area contributed by atoms with E-state index in [1.165, 1.54) is 17.7 Å². The van der Waals surface area contributed by atoms with Gasteiger partial charge in [0.1, 0.15) is 0 Å². The number of hydrogen-bond donors (Lipinski definition) is 0. The monoisotopic (exact) mass is 259 g/mol. The zero-order valence-electron chi connectivity index (χ0n) is 10.1. The number of hydrogen-bond acceptors (Lipinski definition) is 3. The number of nitro benzene ring substituents is 1. The highest BCUT2D eigenvalue weighted by molar-refractivity contribution is 7.81. The van der Waals surface area contributed by atoms with E-state index in [4.69, 9.17) is 12.2 Å². The van der Waals surface area contributed by atoms with Crippen molar-refractivity contribution >= 4 is 28.3 Å². The number of nitrogens with zero attached hydrogens (tertiary/aromatic N) is 1. The Morgan fingerprint density at radius 3 is 2.56 bits per heavy atom. The summed E-state index contributed by atoms with van der Waals surface area (Å²) in [6, 6.07) is 6.59. The van der Waals surface area contributed by atoms with E-state index >= 15 is 0 Å². The highest BCUT2D eigenvalue weighted by Gasteiger charge is 2.15. The molecule has 2 rings (SSSR count). The molecule has 0 heterocycles. The molecular weight excluding hydrogens is 246 g/mol. The molecule has 0 aromatic heterocycles. The highest BCUT2D eigenvalue weighted by atomic mass is 32.1. The van der Waals surface area contributed by atoms with Crippen LogP contribution in [0.1, 0.15) is 25.3 Å². The molecule has 4 heteroatoms. The summed E-state index contributed by atoms with van der Waals surface area (Å²) in [5, 5.41) is 10.6. The standard InChI is InChI=1S/C14H13NO2S/c1-2-10-4-3-5-13(18)14(10)11-6-8-12(9-7-11)15(16)17/h3-4,6-9H,2,5H2,1H3. The van der Waals surface area contributed by atoms with Gasteiger partial charge in [0.2, 0.25) is 0 Å². The molecule has 0 bridgehead atoms. The minimum atomic E-state index is -0.391. The van der Waals surface area contributed by atoms with Crippen LogP contribution in [0.2, 0.25) is 0 Å². The molecule has 92 valence electrons. The van der Waals surface area contributed by atoms with Gasteiger partial charge in [-0.05, 0) is 35.3 Å². The van der Waals surface area contributed by atoms with Crippen molar-refractivity contribution in [2.75, 3.05) is 0 Å². The van der Waals surface area contributed by atoms with Gasteiger partial charge >= 0.3 is 0 Å². The second-order valence-electron chi connectivity index (χ2n) is 4.09. The van der Waals surface area contributed by atoms with Gasteiger partial charge in [-0.1, -0.05) is 31.3 Å². The third-order valence-corrected chi connectivity index (χ3v) is 3.34. The Balaban J connectivity index is 2.46. The molecule has 3 nitrogen and oxygen atoms in total. The average Bonchev–Trinajstić information content (AvgIpc) is 2.38. The van der Waals surface area contributed by atoms with Gasteiger partial charge in [0, 0.05) is 23.4 Å². The zero-order valence-corrected chi connectivity index (χ0v) is 10.9. The summed E-state index contributed by atoms with van der Waals surface area (Å²) in [6.45, 7) is 2.08. The molecule has 0 radical (unpaired) electrons. The summed E-state index contributed by atoms with van der Waals surface area (Å²) < 4.78 is 0. The molecule has 1 aliphatic carbocycles. The van der Waals surface area contributed by atoms with Crippen molar-refractivity contribution < 1.29 is 4.92 Å². The molecule has 0 amide bonds. The second kappa shape index (κ2) is 5.23. The first kappa shape index (κ1) is 12.6. The van der Waals surface area contributed by atoms with Crippen LogP contribution in [0.25, 0.3) is 5.57 Å². The normalized spacial score (nSPS) is 15.1. The minimum Gasteiger partial charge on any atom is -0.258 e. The Kier molecular flexibility index (Phi) is 3.67. The molecule has 1 aromatic carbocycles. The van der Waals surface area contributed by atoms with Crippen LogP contribution < -0.4 is 0 Å². The molecule has 0 N–H and O–H groups in total. The lowest BCUT2D eigenvalue weighted by Crippen LogP contribution is -2.05. The van der Waals surface area contributed by atoms with E-state index in [-0.39, 0.29) is 5.69 Å². The first-order valence-electron chi connectivity index (χ1n) is 5.81. The van der Waals surface area contributed by atoms with Gasteiger partial charge in [-0.15, -0.1) is 0 Å². The number of benzene rings is 1. The number of non-ortho nitro benzene ring substituents is 1. The zero-order chi connectivity index (χ0) is 13.1. The number of rotatable bonds is 3. The van der Waals surface area contributed by atoms with Gasteiger partial charge in [0.05, 0.1) is 4.92 Å². The van der Waals surface area contributed by atoms with Crippen molar-refractivity contribution in [3.05, 3.63) is 57.7 Å². The average molecular weight is 259 g/mol. The molecule has 0 spiro atoms. The summed E-state index contributed by atoms with van der Waals surface area (Å²) in [5.74, 6) is 0. The summed E-state index contributed by atoms with van der Waals surface area (Å²) in [4.78, 5) is 11.1. The van der Waals surface area contributed by atoms with Gasteiger partial charge in [0.25, 0.3) is 5.69 Å². The van der Waals surface area contributed by atoms with E-state index in [0.29, 0.717) is 0 Å². The van der Waals surface area contributed by atoms with E-state index in [0.717, 1.165) is 28.8 Å². The van der Waals surface area contributed by atoms with Crippen LogP contribution in [-0.2, 0) is 0 Å². The molecule has 0 unspecified atom stereocenters. The molecule has 0 fully saturated rings. The molecular formula is C14H13NO2S. The quantitative estimate of drug-likeness (QED) is 0.466. The second-order valence-corrected chi connectivity index (χ2v) is 4.58. The summed E-state index contributed by atoms with van der Waals surface area (Å²) >= 11 is 5.39. The summed E-state index contributed by atoms with van der Waals surface area (Å²) in [6.07, 6.45) is 5.83. The maximum absolute atomic E-state index is 10.6. The lowest BCUT2D eigenvalue weighted by Gasteiger charge is -2.16. The predicted octanol–water partition coefficient (Wildman–Crippen LogP) is 4.09. The Bertz CT molecular complexity index is 556. The molecule has 18 heavy (non-hydrogen) atoms. The van der Waals surface area contributed by atoms with Crippen molar-refractivity contribution in [1.82, 2.24) is 0 Å². The Morgan fingerprint density at radius 2 is 2.00 bits per heavy atom. The van der Waals surface area contributed by atoms with Crippen LogP contribution in [0, 0.1) is 10.1 Å². The largest absolute Gasteiger partial charge is 0.269 e. The number of thiocarbonyl (C=S) groups is 1. The first-order valence-corrected chi connectivity index (χ1v) is 6.22. The molecule has 1 aliphatic rings. The van der Waals surface area contributed by atoms with Crippen molar-refractivity contribution in [1.29, 1.82) is 0 Å². The molecule has 0 atom stereocenters. The van der Waals surface area contributed by atoms with Crippen LogP contribution >= 0.6 is 12.2 Å². The topological polar surface area (TPSA) is 43.1 Å². The van der Waals surface area contributed by atoms with E-state index in [2.05, 4.69) is 19.1 Å². The van der Waals surface area contributed by atoms with Crippen LogP contribution in [0.3, 0.4) is 0 Å². The van der Waals surface area contributed by atoms with Crippen LogP contribution in [0.15, 0.2) is 42.0 Å². The van der Waals surface area contributed by atoms with Gasteiger partial charge in [-0.3, -0.25) is 10.1 Å². The van der Waals surface area contributed by atoms with E-state index in [1.807, 2.05) is 0 Å². The molecule has 1 aromatic rings. The van der Waals surface area contributed by atoms with Crippen LogP contribution in [-0.4, -0.2) is 9.79 Å². The lowest BCUT2D eigenvalue weighted by atomic mass is 9.90. The first-order chi connectivity index (χ1) is 8.63. The smallest absolute Gasteiger partial charge is 0.258 e. The lowest BCUT2D eigenvalue weighted by molar-refractivity contribution is -0.384. The van der Waals surface area contributed by atoms with E-state index in [1.54, 1.807) is 12.1 Å². The van der Waals surface area contributed by atoms with Crippen molar-refractivity contribution in [2.24, 2.45) is 0 Å². The fourth-order valence-electron chi connectivity index (χ4n) is 2.06. The van der Waals surface area contributed by atoms with Gasteiger partial charge in [0.15, 0.2) is 0 Å². The fourth-order valence-corrected chi connectivity index (χ4v) is 2.41. The molecule has 0 saturated heterocycles. The van der Waals surface area contributed by atoms with Crippen molar-refractivity contribution in [2.45, 2.75) is 19.8 Å². The van der Waals surface area contributed by atoms with Crippen LogP contribution in [0.4, 0.5) is 5.69 Å². The third-order valence-electron chi connectivity index (χ3n) is 2.97. The predicted molar refractivity (Wildman–Crippen MR) is 76.7 cm³/mol. The summed E-state index contributed by atoms with van der Waals surface area (Å²) in [5.41, 5.74) is 3.33. The summed E-state index contributed by atoms with van der Waals surface area (Å²) in [7, 11) is 0. The molecule has 0 saturated carbocycles. The van der Waals surface area contributed by atoms with Gasteiger partial charge in [-0.2, -0.15) is 0 Å². The fraction of sp³-hybridized carbons (Fsp3) is 0.214. The number of nitro groups is 1. The van der Waals surface area contributed by atoms with E-state index in [9.17, 15) is 10.1 Å². The van der Waals surface area contributed by atoms with Gasteiger partial charge < -0.3 is 0 Å². The van der Waals surface area contributed by atoms with Crippen LogP contribution in [0.5, 0.6) is 0 Å². The number of allylic oxidation sites excluding steroid dienone is 4. The maximum Gasteiger partial charge on any atom is 0.269 e.